The zero-order chi connectivity index (χ0) is 13.7. The zero-order valence-electron chi connectivity index (χ0n) is 11.0. The summed E-state index contributed by atoms with van der Waals surface area (Å²) in [5, 5.41) is 5.90. The lowest BCUT2D eigenvalue weighted by Gasteiger charge is -2.27. The monoisotopic (exact) mass is 266 g/mol. The number of rotatable bonds is 6. The van der Waals surface area contributed by atoms with Gasteiger partial charge in [0.25, 0.3) is 0 Å². The van der Waals surface area contributed by atoms with E-state index in [1.807, 2.05) is 6.92 Å². The summed E-state index contributed by atoms with van der Waals surface area (Å²) >= 11 is 0. The van der Waals surface area contributed by atoms with Crippen molar-refractivity contribution in [3.8, 4) is 5.75 Å². The van der Waals surface area contributed by atoms with Crippen molar-refractivity contribution in [2.45, 2.75) is 19.4 Å². The minimum Gasteiger partial charge on any atom is -0.486 e. The Bertz CT molecular complexity index is 435. The van der Waals surface area contributed by atoms with Crippen LogP contribution in [0.3, 0.4) is 0 Å². The van der Waals surface area contributed by atoms with Crippen LogP contribution in [0.1, 0.15) is 13.3 Å². The van der Waals surface area contributed by atoms with Crippen molar-refractivity contribution in [1.29, 1.82) is 0 Å². The van der Waals surface area contributed by atoms with Crippen LogP contribution in [0.15, 0.2) is 24.3 Å². The van der Waals surface area contributed by atoms with Crippen LogP contribution < -0.4 is 15.4 Å². The Morgan fingerprint density at radius 3 is 2.84 bits per heavy atom. The van der Waals surface area contributed by atoms with Gasteiger partial charge in [0.15, 0.2) is 11.6 Å². The summed E-state index contributed by atoms with van der Waals surface area (Å²) in [7, 11) is 0. The molecule has 0 aliphatic carbocycles. The third kappa shape index (κ3) is 3.67. The van der Waals surface area contributed by atoms with Gasteiger partial charge in [0.2, 0.25) is 5.91 Å². The molecule has 0 aromatic heterocycles. The van der Waals surface area contributed by atoms with Crippen LogP contribution in [0.4, 0.5) is 4.39 Å². The van der Waals surface area contributed by atoms with Crippen molar-refractivity contribution in [3.63, 3.8) is 0 Å². The molecule has 1 aromatic carbocycles. The Morgan fingerprint density at radius 1 is 1.53 bits per heavy atom. The van der Waals surface area contributed by atoms with Crippen LogP contribution in [0.2, 0.25) is 0 Å². The van der Waals surface area contributed by atoms with Crippen molar-refractivity contribution in [3.05, 3.63) is 30.1 Å². The second-order valence-corrected chi connectivity index (χ2v) is 4.68. The third-order valence-electron chi connectivity index (χ3n) is 3.24. The van der Waals surface area contributed by atoms with E-state index < -0.39 is 0 Å². The summed E-state index contributed by atoms with van der Waals surface area (Å²) in [5.41, 5.74) is 0. The molecule has 4 nitrogen and oxygen atoms in total. The molecule has 1 aromatic rings. The van der Waals surface area contributed by atoms with Crippen LogP contribution in [0.5, 0.6) is 5.75 Å². The summed E-state index contributed by atoms with van der Waals surface area (Å²) < 4.78 is 19.0. The van der Waals surface area contributed by atoms with E-state index in [0.717, 1.165) is 13.1 Å². The van der Waals surface area contributed by atoms with Gasteiger partial charge in [-0.3, -0.25) is 4.79 Å². The first-order valence-corrected chi connectivity index (χ1v) is 6.60. The van der Waals surface area contributed by atoms with Crippen molar-refractivity contribution >= 4 is 5.91 Å². The molecule has 5 heteroatoms. The number of carbonyl (C=O) groups excluding carboxylic acids is 1. The first-order chi connectivity index (χ1) is 9.20. The van der Waals surface area contributed by atoms with Gasteiger partial charge in [-0.05, 0) is 18.6 Å². The van der Waals surface area contributed by atoms with Gasteiger partial charge in [-0.25, -0.2) is 4.39 Å². The molecule has 0 spiro atoms. The smallest absolute Gasteiger partial charge is 0.225 e. The van der Waals surface area contributed by atoms with E-state index in [0.29, 0.717) is 13.0 Å². The SMILES string of the molecule is CCC(CNC(=O)C1CNC1)Oc1ccccc1F. The molecule has 1 unspecified atom stereocenters. The van der Waals surface area contributed by atoms with Crippen molar-refractivity contribution in [2.75, 3.05) is 19.6 Å². The van der Waals surface area contributed by atoms with Crippen LogP contribution >= 0.6 is 0 Å². The Kier molecular flexibility index (Phi) is 4.74. The predicted molar refractivity (Wildman–Crippen MR) is 70.5 cm³/mol. The molecule has 2 N–H and O–H groups in total. The third-order valence-corrected chi connectivity index (χ3v) is 3.24. The van der Waals surface area contributed by atoms with Crippen molar-refractivity contribution in [1.82, 2.24) is 10.6 Å². The van der Waals surface area contributed by atoms with E-state index in [-0.39, 0.29) is 29.5 Å². The van der Waals surface area contributed by atoms with Crippen molar-refractivity contribution in [2.24, 2.45) is 5.92 Å². The summed E-state index contributed by atoms with van der Waals surface area (Å²) in [5.74, 6) is -0.0512. The van der Waals surface area contributed by atoms with Crippen LogP contribution in [0, 0.1) is 11.7 Å². The molecule has 104 valence electrons. The molecule has 0 saturated carbocycles. The van der Waals surface area contributed by atoms with Crippen LogP contribution in [-0.2, 0) is 4.79 Å². The molecule has 19 heavy (non-hydrogen) atoms. The number of amides is 1. The lowest BCUT2D eigenvalue weighted by atomic mass is 10.0. The normalized spacial score (nSPS) is 16.5. The average Bonchev–Trinajstić information content (AvgIpc) is 2.34. The highest BCUT2D eigenvalue weighted by Crippen LogP contribution is 2.17. The highest BCUT2D eigenvalue weighted by atomic mass is 19.1. The molecule has 1 aliphatic rings. The van der Waals surface area contributed by atoms with Gasteiger partial charge in [0.1, 0.15) is 6.10 Å². The number of hydrogen-bond acceptors (Lipinski definition) is 3. The number of ether oxygens (including phenoxy) is 1. The maximum atomic E-state index is 13.5. The maximum Gasteiger partial charge on any atom is 0.225 e. The second kappa shape index (κ2) is 6.52. The summed E-state index contributed by atoms with van der Waals surface area (Å²) in [6, 6.07) is 6.30. The molecule has 2 rings (SSSR count). The standard InChI is InChI=1S/C14H19FN2O2/c1-2-11(9-17-14(18)10-7-16-8-10)19-13-6-4-3-5-12(13)15/h3-6,10-11,16H,2,7-9H2,1H3,(H,17,18). The van der Waals surface area contributed by atoms with E-state index in [9.17, 15) is 9.18 Å². The average molecular weight is 266 g/mol. The van der Waals surface area contributed by atoms with E-state index in [2.05, 4.69) is 10.6 Å². The van der Waals surface area contributed by atoms with E-state index in [1.54, 1.807) is 18.2 Å². The van der Waals surface area contributed by atoms with Gasteiger partial charge in [0, 0.05) is 13.1 Å². The molecular weight excluding hydrogens is 247 g/mol. The quantitative estimate of drug-likeness (QED) is 0.816. The lowest BCUT2D eigenvalue weighted by molar-refractivity contribution is -0.126. The molecule has 0 radical (unpaired) electrons. The van der Waals surface area contributed by atoms with Gasteiger partial charge >= 0.3 is 0 Å². The molecule has 0 bridgehead atoms. The summed E-state index contributed by atoms with van der Waals surface area (Å²) in [6.45, 7) is 3.82. The van der Waals surface area contributed by atoms with Crippen molar-refractivity contribution < 1.29 is 13.9 Å². The number of para-hydroxylation sites is 1. The van der Waals surface area contributed by atoms with Gasteiger partial charge in [0.05, 0.1) is 12.5 Å². The zero-order valence-corrected chi connectivity index (χ0v) is 11.0. The molecular formula is C14H19FN2O2. The molecule has 1 fully saturated rings. The largest absolute Gasteiger partial charge is 0.486 e. The van der Waals surface area contributed by atoms with E-state index >= 15 is 0 Å². The van der Waals surface area contributed by atoms with Gasteiger partial charge in [-0.15, -0.1) is 0 Å². The Hall–Kier alpha value is -1.62. The Balaban J connectivity index is 1.83. The molecule has 1 atom stereocenters. The van der Waals surface area contributed by atoms with Gasteiger partial charge < -0.3 is 15.4 Å². The molecule has 1 saturated heterocycles. The predicted octanol–water partition coefficient (Wildman–Crippen LogP) is 1.32. The summed E-state index contributed by atoms with van der Waals surface area (Å²) in [4.78, 5) is 11.7. The fourth-order valence-electron chi connectivity index (χ4n) is 1.82. The van der Waals surface area contributed by atoms with Gasteiger partial charge in [-0.2, -0.15) is 0 Å². The van der Waals surface area contributed by atoms with Gasteiger partial charge in [-0.1, -0.05) is 19.1 Å². The highest BCUT2D eigenvalue weighted by Gasteiger charge is 2.25. The van der Waals surface area contributed by atoms with E-state index in [4.69, 9.17) is 4.74 Å². The van der Waals surface area contributed by atoms with Crippen LogP contribution in [-0.4, -0.2) is 31.6 Å². The Morgan fingerprint density at radius 2 is 2.26 bits per heavy atom. The van der Waals surface area contributed by atoms with E-state index in [1.165, 1.54) is 6.07 Å². The van der Waals surface area contributed by atoms with Crippen LogP contribution in [0.25, 0.3) is 0 Å². The second-order valence-electron chi connectivity index (χ2n) is 4.68. The number of hydrogen-bond donors (Lipinski definition) is 2. The maximum absolute atomic E-state index is 13.5. The first kappa shape index (κ1) is 13.8. The first-order valence-electron chi connectivity index (χ1n) is 6.60. The summed E-state index contributed by atoms with van der Waals surface area (Å²) in [6.07, 6.45) is 0.492. The number of carbonyl (C=O) groups is 1. The minimum absolute atomic E-state index is 0.0364. The molecule has 1 amide bonds. The number of benzene rings is 1. The Labute approximate surface area is 112 Å². The molecule has 1 aliphatic heterocycles. The lowest BCUT2D eigenvalue weighted by Crippen LogP contribution is -2.52. The number of halogens is 1. The fraction of sp³-hybridized carbons (Fsp3) is 0.500. The molecule has 1 heterocycles. The minimum atomic E-state index is -0.379. The topological polar surface area (TPSA) is 50.4 Å². The highest BCUT2D eigenvalue weighted by molar-refractivity contribution is 5.80. The number of nitrogens with one attached hydrogen (secondary N) is 2. The fourth-order valence-corrected chi connectivity index (χ4v) is 1.82.